The van der Waals surface area contributed by atoms with Crippen LogP contribution in [0, 0.1) is 57.0 Å². The maximum absolute atomic E-state index is 9.14. The normalized spacial score (nSPS) is 43.9. The fourth-order valence-electron chi connectivity index (χ4n) is 8.83. The van der Waals surface area contributed by atoms with E-state index in [1.165, 1.54) is 82.4 Å². The molecule has 30 heavy (non-hydrogen) atoms. The summed E-state index contributed by atoms with van der Waals surface area (Å²) in [6.45, 7) is 12.6. The zero-order valence-corrected chi connectivity index (χ0v) is 21.1. The van der Waals surface area contributed by atoms with E-state index in [1.807, 2.05) is 0 Å². The van der Waals surface area contributed by atoms with Crippen molar-refractivity contribution in [2.45, 2.75) is 110 Å². The Labute approximate surface area is 190 Å². The molecule has 2 heteroatoms. The number of hydrogen-bond acceptors (Lipinski definition) is 2. The fraction of sp³-hybridized carbons (Fsp3) is 0.893. The molecule has 0 aliphatic heterocycles. The Morgan fingerprint density at radius 2 is 1.87 bits per heavy atom. The van der Waals surface area contributed by atoms with Crippen molar-refractivity contribution >= 4 is 11.8 Å². The molecule has 0 spiro atoms. The van der Waals surface area contributed by atoms with Gasteiger partial charge in [-0.05, 0) is 109 Å². The number of hydrogen-bond donors (Lipinski definition) is 0. The van der Waals surface area contributed by atoms with Crippen LogP contribution >= 0.6 is 11.8 Å². The number of thiocyanates is 1. The summed E-state index contributed by atoms with van der Waals surface area (Å²) in [5, 5.41) is 12.0. The van der Waals surface area contributed by atoms with E-state index < -0.39 is 0 Å². The third-order valence-electron chi connectivity index (χ3n) is 10.5. The highest BCUT2D eigenvalue weighted by atomic mass is 32.2. The minimum atomic E-state index is 0.428. The lowest BCUT2D eigenvalue weighted by Crippen LogP contribution is -2.50. The van der Waals surface area contributed by atoms with Gasteiger partial charge < -0.3 is 0 Å². The third kappa shape index (κ3) is 3.91. The molecule has 4 aliphatic carbocycles. The molecule has 4 aliphatic rings. The number of nitrogens with zero attached hydrogens (tertiary/aromatic N) is 1. The summed E-state index contributed by atoms with van der Waals surface area (Å²) >= 11 is 1.53. The summed E-state index contributed by atoms with van der Waals surface area (Å²) in [5.41, 5.74) is 2.74. The van der Waals surface area contributed by atoms with Crippen molar-refractivity contribution in [2.75, 3.05) is 0 Å². The van der Waals surface area contributed by atoms with Crippen LogP contribution in [0.1, 0.15) is 105 Å². The molecule has 4 rings (SSSR count). The molecule has 0 aromatic carbocycles. The Balaban J connectivity index is 1.48. The molecule has 0 bridgehead atoms. The lowest BCUT2D eigenvalue weighted by atomic mass is 9.47. The lowest BCUT2D eigenvalue weighted by Gasteiger charge is -2.58. The second-order valence-electron chi connectivity index (χ2n) is 12.4. The van der Waals surface area contributed by atoms with E-state index in [4.69, 9.17) is 5.26 Å². The van der Waals surface area contributed by atoms with Gasteiger partial charge in [0.05, 0.1) is 0 Å². The minimum absolute atomic E-state index is 0.428. The van der Waals surface area contributed by atoms with Crippen LogP contribution in [0.25, 0.3) is 0 Å². The summed E-state index contributed by atoms with van der Waals surface area (Å²) in [6.07, 6.45) is 17.9. The van der Waals surface area contributed by atoms with Gasteiger partial charge in [0.15, 0.2) is 0 Å². The molecule has 0 aromatic rings. The predicted molar refractivity (Wildman–Crippen MR) is 130 cm³/mol. The zero-order valence-electron chi connectivity index (χ0n) is 20.3. The first-order chi connectivity index (χ1) is 14.3. The van der Waals surface area contributed by atoms with E-state index in [2.05, 4.69) is 46.1 Å². The van der Waals surface area contributed by atoms with Crippen molar-refractivity contribution in [3.8, 4) is 5.40 Å². The number of rotatable bonds is 6. The van der Waals surface area contributed by atoms with Gasteiger partial charge in [-0.2, -0.15) is 5.26 Å². The van der Waals surface area contributed by atoms with Crippen LogP contribution in [0.15, 0.2) is 11.6 Å². The Bertz CT molecular complexity index is 689. The monoisotopic (exact) mass is 427 g/mol. The highest BCUT2D eigenvalue weighted by Gasteiger charge is 2.59. The molecule has 3 saturated carbocycles. The molecule has 0 aromatic heterocycles. The number of thioether (sulfide) groups is 1. The van der Waals surface area contributed by atoms with Gasteiger partial charge in [0, 0.05) is 5.25 Å². The van der Waals surface area contributed by atoms with E-state index in [-0.39, 0.29) is 0 Å². The van der Waals surface area contributed by atoms with E-state index in [0.717, 1.165) is 35.5 Å². The van der Waals surface area contributed by atoms with Crippen LogP contribution in [0.3, 0.4) is 0 Å². The second kappa shape index (κ2) is 8.84. The molecule has 1 nitrogen and oxygen atoms in total. The molecule has 0 saturated heterocycles. The van der Waals surface area contributed by atoms with Crippen molar-refractivity contribution in [1.82, 2.24) is 0 Å². The Kier molecular flexibility index (Phi) is 6.71. The van der Waals surface area contributed by atoms with Crippen molar-refractivity contribution < 1.29 is 0 Å². The van der Waals surface area contributed by atoms with Crippen molar-refractivity contribution in [2.24, 2.45) is 46.3 Å². The first-order valence-electron chi connectivity index (χ1n) is 13.0. The number of nitriles is 1. The van der Waals surface area contributed by atoms with Gasteiger partial charge in [-0.1, -0.05) is 65.5 Å². The molecular formula is C28H45NS. The van der Waals surface area contributed by atoms with Gasteiger partial charge in [-0.15, -0.1) is 0 Å². The Morgan fingerprint density at radius 1 is 1.07 bits per heavy atom. The molecule has 168 valence electrons. The fourth-order valence-corrected chi connectivity index (χ4v) is 9.47. The van der Waals surface area contributed by atoms with Crippen molar-refractivity contribution in [1.29, 1.82) is 5.26 Å². The average molecular weight is 428 g/mol. The van der Waals surface area contributed by atoms with Gasteiger partial charge in [0.2, 0.25) is 0 Å². The SMILES string of the molecule is CC(C)CCC[C@H](C)[C@H]1CC[C@H]2[C@@H]3CC=C4C[C@@H](SC#N)CC[C@]4(C)[C@H]3CC[C@]12C. The number of fused-ring (bicyclic) bond motifs is 5. The summed E-state index contributed by atoms with van der Waals surface area (Å²) in [7, 11) is 0. The minimum Gasteiger partial charge on any atom is -0.185 e. The summed E-state index contributed by atoms with van der Waals surface area (Å²) in [5.74, 6) is 5.49. The smallest absolute Gasteiger partial charge is 0.133 e. The maximum Gasteiger partial charge on any atom is 0.133 e. The van der Waals surface area contributed by atoms with Gasteiger partial charge in [0.1, 0.15) is 5.40 Å². The Hall–Kier alpha value is -0.420. The maximum atomic E-state index is 9.14. The molecular weight excluding hydrogens is 382 g/mol. The molecule has 0 heterocycles. The second-order valence-corrected chi connectivity index (χ2v) is 13.4. The highest BCUT2D eigenvalue weighted by Crippen LogP contribution is 2.67. The molecule has 0 amide bonds. The van der Waals surface area contributed by atoms with E-state index in [0.29, 0.717) is 16.1 Å². The lowest BCUT2D eigenvalue weighted by molar-refractivity contribution is -0.0497. The average Bonchev–Trinajstić information content (AvgIpc) is 3.05. The van der Waals surface area contributed by atoms with Gasteiger partial charge in [-0.3, -0.25) is 0 Å². The molecule has 0 unspecified atom stereocenters. The largest absolute Gasteiger partial charge is 0.185 e. The predicted octanol–water partition coefficient (Wildman–Crippen LogP) is 8.61. The first-order valence-corrected chi connectivity index (χ1v) is 13.9. The molecule has 3 fully saturated rings. The zero-order chi connectivity index (χ0) is 21.5. The quantitative estimate of drug-likeness (QED) is 0.313. The van der Waals surface area contributed by atoms with E-state index in [9.17, 15) is 0 Å². The van der Waals surface area contributed by atoms with Crippen LogP contribution in [0.2, 0.25) is 0 Å². The standard InChI is InChI=1S/C28H45NS/c1-19(2)7-6-8-20(3)24-11-12-25-23-10-9-21-17-22(30-18-29)13-15-27(21,4)26(23)14-16-28(24,25)5/h9,19-20,22-26H,6-8,10-17H2,1-5H3/t20-,22-,23-,24+,25-,26-,27-,28+/m0/s1. The highest BCUT2D eigenvalue weighted by molar-refractivity contribution is 8.04. The molecule has 8 atom stereocenters. The van der Waals surface area contributed by atoms with Gasteiger partial charge in [0.25, 0.3) is 0 Å². The van der Waals surface area contributed by atoms with Crippen molar-refractivity contribution in [3.63, 3.8) is 0 Å². The summed E-state index contributed by atoms with van der Waals surface area (Å²) in [6, 6.07) is 0. The Morgan fingerprint density at radius 3 is 2.60 bits per heavy atom. The third-order valence-corrected chi connectivity index (χ3v) is 11.3. The van der Waals surface area contributed by atoms with Crippen LogP contribution in [-0.2, 0) is 0 Å². The van der Waals surface area contributed by atoms with E-state index >= 15 is 0 Å². The molecule has 0 radical (unpaired) electrons. The summed E-state index contributed by atoms with van der Waals surface area (Å²) < 4.78 is 0. The van der Waals surface area contributed by atoms with Crippen LogP contribution in [-0.4, -0.2) is 5.25 Å². The van der Waals surface area contributed by atoms with Crippen LogP contribution < -0.4 is 0 Å². The van der Waals surface area contributed by atoms with Gasteiger partial charge in [-0.25, -0.2) is 0 Å². The summed E-state index contributed by atoms with van der Waals surface area (Å²) in [4.78, 5) is 0. The molecule has 0 N–H and O–H groups in total. The van der Waals surface area contributed by atoms with Crippen LogP contribution in [0.5, 0.6) is 0 Å². The van der Waals surface area contributed by atoms with Crippen LogP contribution in [0.4, 0.5) is 0 Å². The van der Waals surface area contributed by atoms with E-state index in [1.54, 1.807) is 5.57 Å². The van der Waals surface area contributed by atoms with Gasteiger partial charge >= 0.3 is 0 Å². The number of allylic oxidation sites excluding steroid dienone is 2. The topological polar surface area (TPSA) is 23.8 Å². The first kappa shape index (κ1) is 22.8. The van der Waals surface area contributed by atoms with Crippen molar-refractivity contribution in [3.05, 3.63) is 11.6 Å².